The molecule has 0 saturated carbocycles. The predicted octanol–water partition coefficient (Wildman–Crippen LogP) is 3.46. The molecular weight excluding hydrogens is 316 g/mol. The second kappa shape index (κ2) is 7.76. The Morgan fingerprint density at radius 2 is 2.28 bits per heavy atom. The number of carbonyl (C=O) groups excluding carboxylic acids is 1. The van der Waals surface area contributed by atoms with Gasteiger partial charge >= 0.3 is 6.03 Å². The molecule has 2 amide bonds. The number of rotatable bonds is 5. The molecule has 1 aliphatic heterocycles. The number of aryl methyl sites for hydroxylation is 3. The Balaban J connectivity index is 1.48. The van der Waals surface area contributed by atoms with Crippen LogP contribution in [-0.4, -0.2) is 39.8 Å². The predicted molar refractivity (Wildman–Crippen MR) is 96.6 cm³/mol. The Labute approximate surface area is 149 Å². The third-order valence-electron chi connectivity index (χ3n) is 4.78. The van der Waals surface area contributed by atoms with Crippen molar-refractivity contribution in [3.8, 4) is 0 Å². The molecule has 0 aromatic carbocycles. The van der Waals surface area contributed by atoms with Crippen LogP contribution in [0.4, 0.5) is 4.79 Å². The summed E-state index contributed by atoms with van der Waals surface area (Å²) in [4.78, 5) is 14.5. The molecule has 3 rings (SSSR count). The van der Waals surface area contributed by atoms with Gasteiger partial charge in [0, 0.05) is 31.7 Å². The normalized spacial score (nSPS) is 19.0. The maximum atomic E-state index is 12.6. The number of furan rings is 1. The number of hydrogen-bond donors (Lipinski definition) is 1. The molecule has 0 bridgehead atoms. The molecule has 6 nitrogen and oxygen atoms in total. The second-order valence-corrected chi connectivity index (χ2v) is 7.14. The van der Waals surface area contributed by atoms with Crippen LogP contribution in [0.25, 0.3) is 0 Å². The highest BCUT2D eigenvalue weighted by Crippen LogP contribution is 2.21. The molecule has 3 heterocycles. The zero-order valence-corrected chi connectivity index (χ0v) is 15.4. The number of likely N-dealkylation sites (tertiary alicyclic amines) is 1. The SMILES string of the molecule is Cc1cnn([C@H]2CCCN(C(=O)N[C@H](C)CCc3ccc(C)o3)C2)c1. The number of carbonyl (C=O) groups is 1. The summed E-state index contributed by atoms with van der Waals surface area (Å²) in [6.45, 7) is 7.57. The van der Waals surface area contributed by atoms with E-state index in [1.165, 1.54) is 0 Å². The lowest BCUT2D eigenvalue weighted by molar-refractivity contribution is 0.160. The number of nitrogens with zero attached hydrogens (tertiary/aromatic N) is 3. The summed E-state index contributed by atoms with van der Waals surface area (Å²) in [6, 6.07) is 4.39. The first-order valence-corrected chi connectivity index (χ1v) is 9.13. The van der Waals surface area contributed by atoms with Gasteiger partial charge in [-0.25, -0.2) is 4.79 Å². The zero-order valence-electron chi connectivity index (χ0n) is 15.4. The van der Waals surface area contributed by atoms with Crippen molar-refractivity contribution in [1.82, 2.24) is 20.0 Å². The molecule has 136 valence electrons. The van der Waals surface area contributed by atoms with Gasteiger partial charge in [-0.3, -0.25) is 4.68 Å². The molecule has 1 saturated heterocycles. The van der Waals surface area contributed by atoms with E-state index in [1.807, 2.05) is 48.7 Å². The van der Waals surface area contributed by atoms with Crippen LogP contribution in [0.2, 0.25) is 0 Å². The van der Waals surface area contributed by atoms with E-state index in [4.69, 9.17) is 4.42 Å². The van der Waals surface area contributed by atoms with Crippen molar-refractivity contribution in [3.05, 3.63) is 41.6 Å². The number of urea groups is 1. The lowest BCUT2D eigenvalue weighted by Gasteiger charge is -2.33. The molecule has 0 spiro atoms. The van der Waals surface area contributed by atoms with E-state index >= 15 is 0 Å². The fourth-order valence-corrected chi connectivity index (χ4v) is 3.34. The molecule has 2 aromatic heterocycles. The molecule has 6 heteroatoms. The van der Waals surface area contributed by atoms with Crippen LogP contribution in [0.5, 0.6) is 0 Å². The van der Waals surface area contributed by atoms with E-state index in [0.717, 1.165) is 55.9 Å². The summed E-state index contributed by atoms with van der Waals surface area (Å²) in [7, 11) is 0. The van der Waals surface area contributed by atoms with Gasteiger partial charge in [-0.1, -0.05) is 0 Å². The zero-order chi connectivity index (χ0) is 17.8. The fourth-order valence-electron chi connectivity index (χ4n) is 3.34. The number of hydrogen-bond acceptors (Lipinski definition) is 3. The molecule has 2 aromatic rings. The monoisotopic (exact) mass is 344 g/mol. The third kappa shape index (κ3) is 4.65. The summed E-state index contributed by atoms with van der Waals surface area (Å²) < 4.78 is 7.58. The van der Waals surface area contributed by atoms with Crippen molar-refractivity contribution >= 4 is 6.03 Å². The minimum absolute atomic E-state index is 0.0247. The van der Waals surface area contributed by atoms with E-state index in [-0.39, 0.29) is 18.1 Å². The highest BCUT2D eigenvalue weighted by atomic mass is 16.3. The van der Waals surface area contributed by atoms with Crippen LogP contribution in [0.15, 0.2) is 28.9 Å². The number of aromatic nitrogens is 2. The molecule has 2 atom stereocenters. The van der Waals surface area contributed by atoms with Gasteiger partial charge in [0.2, 0.25) is 0 Å². The average Bonchev–Trinajstić information content (AvgIpc) is 3.21. The van der Waals surface area contributed by atoms with Crippen LogP contribution < -0.4 is 5.32 Å². The van der Waals surface area contributed by atoms with Gasteiger partial charge in [-0.15, -0.1) is 0 Å². The minimum atomic E-state index is 0.0247. The Morgan fingerprint density at radius 1 is 1.44 bits per heavy atom. The van der Waals surface area contributed by atoms with Crippen molar-refractivity contribution in [2.75, 3.05) is 13.1 Å². The van der Waals surface area contributed by atoms with E-state index in [0.29, 0.717) is 0 Å². The maximum absolute atomic E-state index is 12.6. The number of piperidine rings is 1. The van der Waals surface area contributed by atoms with Crippen LogP contribution >= 0.6 is 0 Å². The van der Waals surface area contributed by atoms with E-state index < -0.39 is 0 Å². The van der Waals surface area contributed by atoms with E-state index in [2.05, 4.69) is 16.6 Å². The van der Waals surface area contributed by atoms with Crippen molar-refractivity contribution in [2.24, 2.45) is 0 Å². The molecule has 0 radical (unpaired) electrons. The van der Waals surface area contributed by atoms with Gasteiger partial charge in [0.05, 0.1) is 12.2 Å². The molecule has 0 unspecified atom stereocenters. The van der Waals surface area contributed by atoms with Gasteiger partial charge in [0.25, 0.3) is 0 Å². The number of nitrogens with one attached hydrogen (secondary N) is 1. The van der Waals surface area contributed by atoms with Crippen LogP contribution in [-0.2, 0) is 6.42 Å². The molecule has 0 aliphatic carbocycles. The Morgan fingerprint density at radius 3 is 2.96 bits per heavy atom. The van der Waals surface area contributed by atoms with Gasteiger partial charge in [0.1, 0.15) is 11.5 Å². The molecule has 1 fully saturated rings. The average molecular weight is 344 g/mol. The summed E-state index contributed by atoms with van der Waals surface area (Å²) in [5, 5.41) is 7.53. The van der Waals surface area contributed by atoms with Gasteiger partial charge in [-0.05, 0) is 57.7 Å². The van der Waals surface area contributed by atoms with Crippen molar-refractivity contribution in [3.63, 3.8) is 0 Å². The van der Waals surface area contributed by atoms with Crippen LogP contribution in [0, 0.1) is 13.8 Å². The summed E-state index contributed by atoms with van der Waals surface area (Å²) in [5.74, 6) is 1.91. The fraction of sp³-hybridized carbons (Fsp3) is 0.579. The first kappa shape index (κ1) is 17.6. The lowest BCUT2D eigenvalue weighted by Crippen LogP contribution is -2.48. The van der Waals surface area contributed by atoms with Gasteiger partial charge in [-0.2, -0.15) is 5.10 Å². The van der Waals surface area contributed by atoms with Crippen molar-refractivity contribution in [1.29, 1.82) is 0 Å². The summed E-state index contributed by atoms with van der Waals surface area (Å²) in [5.41, 5.74) is 1.16. The first-order chi connectivity index (χ1) is 12.0. The van der Waals surface area contributed by atoms with Gasteiger partial charge < -0.3 is 14.6 Å². The second-order valence-electron chi connectivity index (χ2n) is 7.14. The topological polar surface area (TPSA) is 63.3 Å². The van der Waals surface area contributed by atoms with Crippen molar-refractivity contribution < 1.29 is 9.21 Å². The van der Waals surface area contributed by atoms with E-state index in [1.54, 1.807) is 0 Å². The smallest absolute Gasteiger partial charge is 0.317 e. The molecule has 1 N–H and O–H groups in total. The molecular formula is C19H28N4O2. The Bertz CT molecular complexity index is 706. The largest absolute Gasteiger partial charge is 0.466 e. The summed E-state index contributed by atoms with van der Waals surface area (Å²) in [6.07, 6.45) is 7.71. The van der Waals surface area contributed by atoms with Gasteiger partial charge in [0.15, 0.2) is 0 Å². The third-order valence-corrected chi connectivity index (χ3v) is 4.78. The maximum Gasteiger partial charge on any atom is 0.317 e. The highest BCUT2D eigenvalue weighted by Gasteiger charge is 2.25. The van der Waals surface area contributed by atoms with Crippen LogP contribution in [0.1, 0.15) is 49.3 Å². The minimum Gasteiger partial charge on any atom is -0.466 e. The Hall–Kier alpha value is -2.24. The highest BCUT2D eigenvalue weighted by molar-refractivity contribution is 5.74. The van der Waals surface area contributed by atoms with Crippen LogP contribution in [0.3, 0.4) is 0 Å². The summed E-state index contributed by atoms with van der Waals surface area (Å²) >= 11 is 0. The number of amides is 2. The standard InChI is InChI=1S/C19H28N4O2/c1-14-11-20-23(12-14)17-5-4-10-22(13-17)19(24)21-15(2)6-8-18-9-7-16(3)25-18/h7,9,11-12,15,17H,4-6,8,10,13H2,1-3H3,(H,21,24)/t15-,17+/m1/s1. The molecule has 1 aliphatic rings. The molecule has 25 heavy (non-hydrogen) atoms. The lowest BCUT2D eigenvalue weighted by atomic mass is 10.1. The Kier molecular flexibility index (Phi) is 5.46. The quantitative estimate of drug-likeness (QED) is 0.903. The first-order valence-electron chi connectivity index (χ1n) is 9.13. The van der Waals surface area contributed by atoms with E-state index in [9.17, 15) is 4.79 Å². The van der Waals surface area contributed by atoms with Crippen molar-refractivity contribution in [2.45, 2.75) is 58.5 Å².